The van der Waals surface area contributed by atoms with Crippen LogP contribution in [0.3, 0.4) is 0 Å². The standard InChI is InChI=1S/C19H21ClN2O4S/c1-11(12-6-4-3-5-7-12)21-19(26-2)22-16(18(24)25)14(17(22)23)10-13-8-9-15(20)27-13/h3-9,11,14,16,19,21H,10H2,1-2H3,(H,24,25)/t11?,14-,16?,19?/m1/s1. The van der Waals surface area contributed by atoms with Crippen LogP contribution in [0.5, 0.6) is 0 Å². The Labute approximate surface area is 166 Å². The van der Waals surface area contributed by atoms with Crippen molar-refractivity contribution >= 4 is 34.8 Å². The summed E-state index contributed by atoms with van der Waals surface area (Å²) in [5.41, 5.74) is 1.02. The third-order valence-electron chi connectivity index (χ3n) is 4.72. The maximum atomic E-state index is 12.7. The molecule has 1 aromatic carbocycles. The van der Waals surface area contributed by atoms with Crippen LogP contribution >= 0.6 is 22.9 Å². The number of carbonyl (C=O) groups excluding carboxylic acids is 1. The quantitative estimate of drug-likeness (QED) is 0.518. The number of hydrogen-bond donors (Lipinski definition) is 2. The number of carboxylic acid groups (broad SMARTS) is 1. The fraction of sp³-hybridized carbons (Fsp3) is 0.368. The number of carboxylic acids is 1. The lowest BCUT2D eigenvalue weighted by Gasteiger charge is -2.48. The first-order chi connectivity index (χ1) is 12.9. The molecule has 1 aromatic heterocycles. The van der Waals surface area contributed by atoms with E-state index in [0.717, 1.165) is 10.4 Å². The Bertz CT molecular complexity index is 813. The van der Waals surface area contributed by atoms with Crippen LogP contribution in [0.1, 0.15) is 23.4 Å². The van der Waals surface area contributed by atoms with E-state index in [0.29, 0.717) is 10.8 Å². The first kappa shape index (κ1) is 19.8. The Hall–Kier alpha value is -1.93. The molecule has 144 valence electrons. The van der Waals surface area contributed by atoms with Crippen molar-refractivity contribution in [3.05, 3.63) is 57.2 Å². The minimum absolute atomic E-state index is 0.117. The second kappa shape index (κ2) is 8.39. The summed E-state index contributed by atoms with van der Waals surface area (Å²) in [6, 6.07) is 12.2. The predicted octanol–water partition coefficient (Wildman–Crippen LogP) is 3.14. The van der Waals surface area contributed by atoms with E-state index in [4.69, 9.17) is 16.3 Å². The highest BCUT2D eigenvalue weighted by Gasteiger charge is 2.54. The Morgan fingerprint density at radius 2 is 2.04 bits per heavy atom. The minimum Gasteiger partial charge on any atom is -0.480 e. The summed E-state index contributed by atoms with van der Waals surface area (Å²) in [4.78, 5) is 26.7. The molecule has 27 heavy (non-hydrogen) atoms. The maximum absolute atomic E-state index is 12.7. The highest BCUT2D eigenvalue weighted by molar-refractivity contribution is 7.16. The zero-order valence-corrected chi connectivity index (χ0v) is 16.5. The van der Waals surface area contributed by atoms with Crippen molar-refractivity contribution in [2.24, 2.45) is 5.92 Å². The number of benzene rings is 1. The van der Waals surface area contributed by atoms with Gasteiger partial charge in [0.15, 0.2) is 6.35 Å². The van der Waals surface area contributed by atoms with Gasteiger partial charge >= 0.3 is 5.97 Å². The Morgan fingerprint density at radius 1 is 1.33 bits per heavy atom. The van der Waals surface area contributed by atoms with Gasteiger partial charge in [-0.2, -0.15) is 0 Å². The van der Waals surface area contributed by atoms with E-state index in [1.54, 1.807) is 6.07 Å². The van der Waals surface area contributed by atoms with Gasteiger partial charge in [-0.3, -0.25) is 15.0 Å². The molecule has 3 unspecified atom stereocenters. The van der Waals surface area contributed by atoms with Crippen LogP contribution < -0.4 is 5.32 Å². The molecule has 8 heteroatoms. The zero-order valence-electron chi connectivity index (χ0n) is 15.0. The maximum Gasteiger partial charge on any atom is 0.327 e. The number of nitrogens with zero attached hydrogens (tertiary/aromatic N) is 1. The number of methoxy groups -OCH3 is 1. The number of carbonyl (C=O) groups is 2. The van der Waals surface area contributed by atoms with Gasteiger partial charge in [0.2, 0.25) is 5.91 Å². The molecule has 1 amide bonds. The van der Waals surface area contributed by atoms with Gasteiger partial charge in [-0.05, 0) is 31.0 Å². The smallest absolute Gasteiger partial charge is 0.327 e. The summed E-state index contributed by atoms with van der Waals surface area (Å²) in [6.07, 6.45) is -0.467. The molecule has 2 N–H and O–H groups in total. The topological polar surface area (TPSA) is 78.9 Å². The van der Waals surface area contributed by atoms with Crippen molar-refractivity contribution in [2.45, 2.75) is 31.8 Å². The van der Waals surface area contributed by atoms with Crippen molar-refractivity contribution in [1.82, 2.24) is 10.2 Å². The number of likely N-dealkylation sites (tertiary alicyclic amines) is 1. The summed E-state index contributed by atoms with van der Waals surface area (Å²) < 4.78 is 6.03. The molecule has 4 atom stereocenters. The summed E-state index contributed by atoms with van der Waals surface area (Å²) in [5.74, 6) is -1.91. The van der Waals surface area contributed by atoms with Crippen LogP contribution in [0.4, 0.5) is 0 Å². The van der Waals surface area contributed by atoms with Crippen LogP contribution in [-0.2, 0) is 20.7 Å². The number of rotatable bonds is 8. The zero-order chi connectivity index (χ0) is 19.6. The normalized spacial score (nSPS) is 21.6. The van der Waals surface area contributed by atoms with Gasteiger partial charge in [-0.1, -0.05) is 41.9 Å². The number of ether oxygens (including phenoxy) is 1. The molecular weight excluding hydrogens is 388 g/mol. The second-order valence-corrected chi connectivity index (χ2v) is 8.23. The molecule has 0 bridgehead atoms. The Balaban J connectivity index is 1.73. The lowest BCUT2D eigenvalue weighted by atomic mass is 9.84. The molecule has 0 radical (unpaired) electrons. The largest absolute Gasteiger partial charge is 0.480 e. The van der Waals surface area contributed by atoms with Gasteiger partial charge in [-0.15, -0.1) is 11.3 Å². The van der Waals surface area contributed by atoms with Crippen LogP contribution in [0, 0.1) is 5.92 Å². The molecule has 1 aliphatic rings. The highest BCUT2D eigenvalue weighted by Crippen LogP contribution is 2.35. The van der Waals surface area contributed by atoms with Gasteiger partial charge in [0, 0.05) is 18.0 Å². The second-order valence-electron chi connectivity index (χ2n) is 6.43. The first-order valence-corrected chi connectivity index (χ1v) is 9.74. The molecule has 0 aliphatic carbocycles. The molecule has 1 fully saturated rings. The molecule has 0 spiro atoms. The summed E-state index contributed by atoms with van der Waals surface area (Å²) >= 11 is 7.29. The van der Waals surface area contributed by atoms with Crippen LogP contribution in [0.2, 0.25) is 4.34 Å². The van der Waals surface area contributed by atoms with Gasteiger partial charge in [-0.25, -0.2) is 4.79 Å². The fourth-order valence-electron chi connectivity index (χ4n) is 3.32. The number of thiophene rings is 1. The number of nitrogens with one attached hydrogen (secondary N) is 1. The van der Waals surface area contributed by atoms with E-state index in [2.05, 4.69) is 5.32 Å². The van der Waals surface area contributed by atoms with Crippen molar-refractivity contribution < 1.29 is 19.4 Å². The predicted molar refractivity (Wildman–Crippen MR) is 104 cm³/mol. The van der Waals surface area contributed by atoms with Crippen molar-refractivity contribution in [2.75, 3.05) is 7.11 Å². The fourth-order valence-corrected chi connectivity index (χ4v) is 4.46. The molecule has 1 saturated heterocycles. The first-order valence-electron chi connectivity index (χ1n) is 8.55. The third-order valence-corrected chi connectivity index (χ3v) is 5.98. The molecule has 2 heterocycles. The van der Waals surface area contributed by atoms with Crippen LogP contribution in [0.25, 0.3) is 0 Å². The van der Waals surface area contributed by atoms with E-state index in [1.807, 2.05) is 43.3 Å². The van der Waals surface area contributed by atoms with Crippen LogP contribution in [-0.4, -0.2) is 41.4 Å². The summed E-state index contributed by atoms with van der Waals surface area (Å²) in [6.45, 7) is 1.94. The van der Waals surface area contributed by atoms with Gasteiger partial charge in [0.1, 0.15) is 6.04 Å². The van der Waals surface area contributed by atoms with Crippen molar-refractivity contribution in [3.8, 4) is 0 Å². The SMILES string of the molecule is COC(NC(C)c1ccccc1)N1C(=O)[C@H](Cc2ccc(Cl)s2)C1C(=O)O. The average molecular weight is 409 g/mol. The van der Waals surface area contributed by atoms with E-state index in [1.165, 1.54) is 23.3 Å². The molecular formula is C19H21ClN2O4S. The van der Waals surface area contributed by atoms with E-state index in [-0.39, 0.29) is 11.9 Å². The lowest BCUT2D eigenvalue weighted by molar-refractivity contribution is -0.194. The molecule has 6 nitrogen and oxygen atoms in total. The van der Waals surface area contributed by atoms with E-state index >= 15 is 0 Å². The number of β-lactam (4-membered cyclic amide) rings is 1. The highest BCUT2D eigenvalue weighted by atomic mass is 35.5. The van der Waals surface area contributed by atoms with E-state index in [9.17, 15) is 14.7 Å². The Kier molecular flexibility index (Phi) is 6.16. The van der Waals surface area contributed by atoms with Gasteiger partial charge in [0.05, 0.1) is 10.3 Å². The number of halogens is 1. The minimum atomic E-state index is -1.04. The number of amides is 1. The third kappa shape index (κ3) is 4.16. The summed E-state index contributed by atoms with van der Waals surface area (Å²) in [5, 5.41) is 12.9. The molecule has 1 aliphatic heterocycles. The number of aliphatic carboxylic acids is 1. The van der Waals surface area contributed by atoms with Crippen LogP contribution in [0.15, 0.2) is 42.5 Å². The Morgan fingerprint density at radius 3 is 2.59 bits per heavy atom. The van der Waals surface area contributed by atoms with Crippen molar-refractivity contribution in [3.63, 3.8) is 0 Å². The van der Waals surface area contributed by atoms with Crippen molar-refractivity contribution in [1.29, 1.82) is 0 Å². The lowest BCUT2D eigenvalue weighted by Crippen LogP contribution is -2.71. The molecule has 2 aromatic rings. The van der Waals surface area contributed by atoms with Gasteiger partial charge in [0.25, 0.3) is 0 Å². The summed E-state index contributed by atoms with van der Waals surface area (Å²) in [7, 11) is 1.45. The molecule has 0 saturated carbocycles. The number of hydrogen-bond acceptors (Lipinski definition) is 5. The monoisotopic (exact) mass is 408 g/mol. The average Bonchev–Trinajstić information content (AvgIpc) is 3.07. The van der Waals surface area contributed by atoms with E-state index < -0.39 is 24.3 Å². The van der Waals surface area contributed by atoms with Gasteiger partial charge < -0.3 is 9.84 Å². The molecule has 3 rings (SSSR count).